The molecule has 1 aromatic rings. The van der Waals surface area contributed by atoms with Crippen molar-refractivity contribution in [3.63, 3.8) is 0 Å². The van der Waals surface area contributed by atoms with Gasteiger partial charge in [-0.25, -0.2) is 4.98 Å². The van der Waals surface area contributed by atoms with Crippen LogP contribution >= 0.6 is 0 Å². The van der Waals surface area contributed by atoms with Crippen molar-refractivity contribution >= 4 is 0 Å². The molecular formula is C15H24N2O2. The Hall–Kier alpha value is -1.13. The van der Waals surface area contributed by atoms with Crippen LogP contribution in [0.3, 0.4) is 0 Å². The average Bonchev–Trinajstić information content (AvgIpc) is 2.48. The van der Waals surface area contributed by atoms with Gasteiger partial charge in [-0.3, -0.25) is 4.90 Å². The van der Waals surface area contributed by atoms with Gasteiger partial charge in [0.1, 0.15) is 0 Å². The molecular weight excluding hydrogens is 240 g/mol. The van der Waals surface area contributed by atoms with Gasteiger partial charge in [-0.05, 0) is 18.4 Å². The van der Waals surface area contributed by atoms with E-state index in [1.807, 2.05) is 12.3 Å². The van der Waals surface area contributed by atoms with Crippen LogP contribution in [-0.2, 0) is 11.3 Å². The fourth-order valence-corrected chi connectivity index (χ4v) is 2.62. The van der Waals surface area contributed by atoms with Crippen molar-refractivity contribution < 1.29 is 9.47 Å². The van der Waals surface area contributed by atoms with Crippen LogP contribution in [0.4, 0.5) is 0 Å². The highest BCUT2D eigenvalue weighted by molar-refractivity contribution is 5.17. The summed E-state index contributed by atoms with van der Waals surface area (Å²) in [6.07, 6.45) is 4.04. The molecule has 0 radical (unpaired) electrons. The van der Waals surface area contributed by atoms with Crippen molar-refractivity contribution in [2.45, 2.75) is 38.8 Å². The topological polar surface area (TPSA) is 34.6 Å². The van der Waals surface area contributed by atoms with Crippen LogP contribution in [0, 0.1) is 0 Å². The van der Waals surface area contributed by atoms with Gasteiger partial charge in [-0.15, -0.1) is 0 Å². The average molecular weight is 264 g/mol. The standard InChI is InChI=1S/C15H24N2O2/c1-4-15(5-2)12-17(8-9-19-15)11-13-6-7-14(18-3)16-10-13/h6-7,10H,4-5,8-9,11-12H2,1-3H3. The molecule has 19 heavy (non-hydrogen) atoms. The number of rotatable bonds is 5. The largest absolute Gasteiger partial charge is 0.481 e. The van der Waals surface area contributed by atoms with Gasteiger partial charge in [0.2, 0.25) is 5.88 Å². The van der Waals surface area contributed by atoms with Crippen molar-refractivity contribution in [3.05, 3.63) is 23.9 Å². The normalized spacial score (nSPS) is 19.3. The molecule has 2 rings (SSSR count). The predicted molar refractivity (Wildman–Crippen MR) is 75.3 cm³/mol. The molecule has 1 fully saturated rings. The van der Waals surface area contributed by atoms with Crippen molar-refractivity contribution in [2.75, 3.05) is 26.8 Å². The Morgan fingerprint density at radius 3 is 2.74 bits per heavy atom. The van der Waals surface area contributed by atoms with E-state index >= 15 is 0 Å². The van der Waals surface area contributed by atoms with Crippen LogP contribution in [0.15, 0.2) is 18.3 Å². The fraction of sp³-hybridized carbons (Fsp3) is 0.667. The molecule has 0 atom stereocenters. The Morgan fingerprint density at radius 1 is 1.37 bits per heavy atom. The van der Waals surface area contributed by atoms with E-state index in [1.165, 1.54) is 5.56 Å². The maximum absolute atomic E-state index is 5.99. The molecule has 1 aliphatic heterocycles. The van der Waals surface area contributed by atoms with Gasteiger partial charge in [0.25, 0.3) is 0 Å². The van der Waals surface area contributed by atoms with Crippen LogP contribution in [0.2, 0.25) is 0 Å². The van der Waals surface area contributed by atoms with Gasteiger partial charge >= 0.3 is 0 Å². The van der Waals surface area contributed by atoms with E-state index in [2.05, 4.69) is 29.8 Å². The van der Waals surface area contributed by atoms with E-state index in [0.29, 0.717) is 5.88 Å². The minimum Gasteiger partial charge on any atom is -0.481 e. The highest BCUT2D eigenvalue weighted by Gasteiger charge is 2.33. The summed E-state index contributed by atoms with van der Waals surface area (Å²) in [6.45, 7) is 8.18. The summed E-state index contributed by atoms with van der Waals surface area (Å²) in [5.41, 5.74) is 1.27. The number of hydrogen-bond acceptors (Lipinski definition) is 4. The van der Waals surface area contributed by atoms with Gasteiger partial charge in [0.05, 0.1) is 19.3 Å². The lowest BCUT2D eigenvalue weighted by Gasteiger charge is -2.42. The van der Waals surface area contributed by atoms with Gasteiger partial charge in [-0.2, -0.15) is 0 Å². The van der Waals surface area contributed by atoms with Crippen LogP contribution in [0.5, 0.6) is 5.88 Å². The summed E-state index contributed by atoms with van der Waals surface area (Å²) in [4.78, 5) is 6.72. The second kappa shape index (κ2) is 6.35. The molecule has 0 saturated carbocycles. The minimum absolute atomic E-state index is 0.0398. The zero-order valence-electron chi connectivity index (χ0n) is 12.2. The second-order valence-corrected chi connectivity index (χ2v) is 5.16. The summed E-state index contributed by atoms with van der Waals surface area (Å²) < 4.78 is 11.1. The number of morpholine rings is 1. The lowest BCUT2D eigenvalue weighted by molar-refractivity contribution is -0.115. The number of nitrogens with zero attached hydrogens (tertiary/aromatic N) is 2. The molecule has 2 heterocycles. The van der Waals surface area contributed by atoms with E-state index in [-0.39, 0.29) is 5.60 Å². The smallest absolute Gasteiger partial charge is 0.212 e. The first kappa shape index (κ1) is 14.3. The Balaban J connectivity index is 1.98. The van der Waals surface area contributed by atoms with Gasteiger partial charge < -0.3 is 9.47 Å². The maximum atomic E-state index is 5.99. The quantitative estimate of drug-likeness (QED) is 0.818. The summed E-state index contributed by atoms with van der Waals surface area (Å²) in [5.74, 6) is 0.669. The SMILES string of the molecule is CCC1(CC)CN(Cc2ccc(OC)nc2)CCO1. The highest BCUT2D eigenvalue weighted by atomic mass is 16.5. The van der Waals surface area contributed by atoms with Crippen molar-refractivity contribution in [1.29, 1.82) is 0 Å². The summed E-state index contributed by atoms with van der Waals surface area (Å²) in [6, 6.07) is 4.00. The molecule has 4 nitrogen and oxygen atoms in total. The minimum atomic E-state index is 0.0398. The zero-order valence-corrected chi connectivity index (χ0v) is 12.2. The van der Waals surface area contributed by atoms with Crippen molar-refractivity contribution in [1.82, 2.24) is 9.88 Å². The molecule has 1 saturated heterocycles. The van der Waals surface area contributed by atoms with Crippen molar-refractivity contribution in [3.8, 4) is 5.88 Å². The van der Waals surface area contributed by atoms with E-state index in [1.54, 1.807) is 7.11 Å². The van der Waals surface area contributed by atoms with Crippen LogP contribution in [0.1, 0.15) is 32.3 Å². The summed E-state index contributed by atoms with van der Waals surface area (Å²) >= 11 is 0. The fourth-order valence-electron chi connectivity index (χ4n) is 2.62. The van der Waals surface area contributed by atoms with E-state index < -0.39 is 0 Å². The van der Waals surface area contributed by atoms with E-state index in [0.717, 1.165) is 39.1 Å². The number of ether oxygens (including phenoxy) is 2. The highest BCUT2D eigenvalue weighted by Crippen LogP contribution is 2.26. The predicted octanol–water partition coefficient (Wildman–Crippen LogP) is 2.48. The third-order valence-corrected chi connectivity index (χ3v) is 4.03. The summed E-state index contributed by atoms with van der Waals surface area (Å²) in [5, 5.41) is 0. The molecule has 106 valence electrons. The van der Waals surface area contributed by atoms with Crippen LogP contribution in [-0.4, -0.2) is 42.3 Å². The maximum Gasteiger partial charge on any atom is 0.212 e. The molecule has 0 bridgehead atoms. The Kier molecular flexibility index (Phi) is 4.77. The molecule has 0 amide bonds. The lowest BCUT2D eigenvalue weighted by Crippen LogP contribution is -2.50. The molecule has 1 aromatic heterocycles. The van der Waals surface area contributed by atoms with Gasteiger partial charge in [0, 0.05) is 31.9 Å². The van der Waals surface area contributed by atoms with E-state index in [9.17, 15) is 0 Å². The van der Waals surface area contributed by atoms with Crippen LogP contribution in [0.25, 0.3) is 0 Å². The monoisotopic (exact) mass is 264 g/mol. The Bertz CT molecular complexity index is 388. The zero-order chi connectivity index (χ0) is 13.7. The first-order valence-electron chi connectivity index (χ1n) is 7.06. The third kappa shape index (κ3) is 3.45. The van der Waals surface area contributed by atoms with E-state index in [4.69, 9.17) is 9.47 Å². The first-order chi connectivity index (χ1) is 9.21. The molecule has 0 spiro atoms. The number of hydrogen-bond donors (Lipinski definition) is 0. The number of aromatic nitrogens is 1. The Labute approximate surface area is 115 Å². The lowest BCUT2D eigenvalue weighted by atomic mass is 9.95. The number of pyridine rings is 1. The van der Waals surface area contributed by atoms with Crippen LogP contribution < -0.4 is 4.74 Å². The molecule has 0 unspecified atom stereocenters. The summed E-state index contributed by atoms with van der Waals surface area (Å²) in [7, 11) is 1.64. The molecule has 0 N–H and O–H groups in total. The Morgan fingerprint density at radius 2 is 2.16 bits per heavy atom. The third-order valence-electron chi connectivity index (χ3n) is 4.03. The molecule has 0 aliphatic carbocycles. The number of methoxy groups -OCH3 is 1. The van der Waals surface area contributed by atoms with Gasteiger partial charge in [0.15, 0.2) is 0 Å². The van der Waals surface area contributed by atoms with Crippen molar-refractivity contribution in [2.24, 2.45) is 0 Å². The molecule has 0 aromatic carbocycles. The van der Waals surface area contributed by atoms with Gasteiger partial charge in [-0.1, -0.05) is 19.9 Å². The molecule has 1 aliphatic rings. The second-order valence-electron chi connectivity index (χ2n) is 5.16. The first-order valence-corrected chi connectivity index (χ1v) is 7.06. The molecule has 4 heteroatoms.